The number of nitrogens with zero attached hydrogens (tertiary/aromatic N) is 2. The molecule has 0 unspecified atom stereocenters. The number of para-hydroxylation sites is 1. The van der Waals surface area contributed by atoms with E-state index < -0.39 is 0 Å². The molecule has 1 aromatic heterocycles. The summed E-state index contributed by atoms with van der Waals surface area (Å²) in [6.45, 7) is 3.27. The van der Waals surface area contributed by atoms with E-state index in [1.54, 1.807) is 0 Å². The number of nitrogens with one attached hydrogen (secondary N) is 2. The summed E-state index contributed by atoms with van der Waals surface area (Å²) < 4.78 is 5.24. The largest absolute Gasteiger partial charge is 0.378 e. The fraction of sp³-hybridized carbons (Fsp3) is 0.429. The van der Waals surface area contributed by atoms with Crippen molar-refractivity contribution in [2.24, 2.45) is 0 Å². The second-order valence-electron chi connectivity index (χ2n) is 4.79. The molecule has 1 aromatic carbocycles. The number of rotatable bonds is 4. The van der Waals surface area contributed by atoms with Crippen LogP contribution in [0.2, 0.25) is 0 Å². The Morgan fingerprint density at radius 3 is 3.00 bits per heavy atom. The molecule has 2 heterocycles. The number of carbonyl (C=O) groups is 1. The minimum absolute atomic E-state index is 0.167. The Balaban J connectivity index is 1.53. The lowest BCUT2D eigenvalue weighted by atomic mass is 10.2. The molecule has 1 fully saturated rings. The number of ether oxygens (including phenoxy) is 1. The topological polar surface area (TPSA) is 70.2 Å². The van der Waals surface area contributed by atoms with Crippen molar-refractivity contribution in [3.05, 3.63) is 24.3 Å². The highest BCUT2D eigenvalue weighted by molar-refractivity contribution is 5.89. The Labute approximate surface area is 117 Å². The molecule has 2 aromatic rings. The maximum absolute atomic E-state index is 12.0. The Hall–Kier alpha value is -2.08. The summed E-state index contributed by atoms with van der Waals surface area (Å²) >= 11 is 0. The first-order chi connectivity index (χ1) is 9.84. The lowest BCUT2D eigenvalue weighted by molar-refractivity contribution is -0.134. The number of benzene rings is 1. The molecule has 0 spiro atoms. The number of H-pyrrole nitrogens is 1. The third-order valence-electron chi connectivity index (χ3n) is 3.47. The summed E-state index contributed by atoms with van der Waals surface area (Å²) in [6.07, 6.45) is 0.473. The average Bonchev–Trinajstić information content (AvgIpc) is 2.92. The van der Waals surface area contributed by atoms with Gasteiger partial charge in [0.05, 0.1) is 18.7 Å². The Kier molecular flexibility index (Phi) is 3.83. The number of fused-ring (bicyclic) bond motifs is 1. The van der Waals surface area contributed by atoms with Crippen LogP contribution in [0.15, 0.2) is 24.3 Å². The normalized spacial score (nSPS) is 15.5. The Bertz CT molecular complexity index is 590. The molecule has 106 valence electrons. The minimum atomic E-state index is 0.167. The lowest BCUT2D eigenvalue weighted by Crippen LogP contribution is -2.41. The standard InChI is InChI=1S/C14H18N4O2/c19-13(18-7-9-20-10-8-18)5-6-15-14-11-3-1-2-4-12(11)16-17-14/h1-4H,5-10H2,(H2,15,16,17). The molecular weight excluding hydrogens is 256 g/mol. The Morgan fingerprint density at radius 2 is 2.15 bits per heavy atom. The van der Waals surface area contributed by atoms with Crippen molar-refractivity contribution < 1.29 is 9.53 Å². The first kappa shape index (κ1) is 12.9. The highest BCUT2D eigenvalue weighted by Crippen LogP contribution is 2.19. The van der Waals surface area contributed by atoms with Gasteiger partial charge in [-0.1, -0.05) is 12.1 Å². The van der Waals surface area contributed by atoms with Crippen molar-refractivity contribution in [3.8, 4) is 0 Å². The van der Waals surface area contributed by atoms with E-state index in [1.165, 1.54) is 0 Å². The molecule has 1 aliphatic rings. The molecule has 0 saturated carbocycles. The van der Waals surface area contributed by atoms with Crippen LogP contribution in [0.4, 0.5) is 5.82 Å². The van der Waals surface area contributed by atoms with E-state index in [1.807, 2.05) is 29.2 Å². The SMILES string of the molecule is O=C(CCNc1n[nH]c2ccccc12)N1CCOCC1. The Morgan fingerprint density at radius 1 is 1.35 bits per heavy atom. The fourth-order valence-corrected chi connectivity index (χ4v) is 2.36. The van der Waals surface area contributed by atoms with Gasteiger partial charge in [0.15, 0.2) is 5.82 Å². The molecule has 20 heavy (non-hydrogen) atoms. The van der Waals surface area contributed by atoms with E-state index in [-0.39, 0.29) is 5.91 Å². The smallest absolute Gasteiger partial charge is 0.224 e. The summed E-state index contributed by atoms with van der Waals surface area (Å²) in [5, 5.41) is 11.5. The van der Waals surface area contributed by atoms with Gasteiger partial charge in [0.25, 0.3) is 0 Å². The maximum Gasteiger partial charge on any atom is 0.224 e. The molecule has 0 aliphatic carbocycles. The number of hydrogen-bond donors (Lipinski definition) is 2. The first-order valence-corrected chi connectivity index (χ1v) is 6.87. The summed E-state index contributed by atoms with van der Waals surface area (Å²) in [5.41, 5.74) is 0.995. The number of carbonyl (C=O) groups excluding carboxylic acids is 1. The zero-order valence-electron chi connectivity index (χ0n) is 11.3. The van der Waals surface area contributed by atoms with Crippen LogP contribution in [-0.2, 0) is 9.53 Å². The number of aromatic amines is 1. The molecule has 6 nitrogen and oxygen atoms in total. The number of anilines is 1. The van der Waals surface area contributed by atoms with Gasteiger partial charge in [0, 0.05) is 31.4 Å². The van der Waals surface area contributed by atoms with E-state index in [0.717, 1.165) is 16.7 Å². The molecule has 0 atom stereocenters. The molecule has 1 saturated heterocycles. The van der Waals surface area contributed by atoms with Gasteiger partial charge in [-0.05, 0) is 12.1 Å². The summed E-state index contributed by atoms with van der Waals surface area (Å²) in [5.74, 6) is 0.969. The fourth-order valence-electron chi connectivity index (χ4n) is 2.36. The number of morpholine rings is 1. The van der Waals surface area contributed by atoms with Crippen LogP contribution < -0.4 is 5.32 Å². The van der Waals surface area contributed by atoms with Gasteiger partial charge in [-0.2, -0.15) is 5.10 Å². The van der Waals surface area contributed by atoms with E-state index >= 15 is 0 Å². The van der Waals surface area contributed by atoms with E-state index in [4.69, 9.17) is 4.74 Å². The van der Waals surface area contributed by atoms with Gasteiger partial charge in [-0.25, -0.2) is 0 Å². The van der Waals surface area contributed by atoms with Gasteiger partial charge in [0.1, 0.15) is 0 Å². The monoisotopic (exact) mass is 274 g/mol. The number of aromatic nitrogens is 2. The second-order valence-corrected chi connectivity index (χ2v) is 4.79. The maximum atomic E-state index is 12.0. The summed E-state index contributed by atoms with van der Waals surface area (Å²) in [7, 11) is 0. The van der Waals surface area contributed by atoms with Crippen LogP contribution >= 0.6 is 0 Å². The van der Waals surface area contributed by atoms with Crippen LogP contribution in [0.5, 0.6) is 0 Å². The van der Waals surface area contributed by atoms with E-state index in [2.05, 4.69) is 15.5 Å². The zero-order valence-corrected chi connectivity index (χ0v) is 11.3. The van der Waals surface area contributed by atoms with Gasteiger partial charge >= 0.3 is 0 Å². The predicted octanol–water partition coefficient (Wildman–Crippen LogP) is 1.22. The molecule has 0 bridgehead atoms. The first-order valence-electron chi connectivity index (χ1n) is 6.87. The van der Waals surface area contributed by atoms with Crippen LogP contribution in [0.3, 0.4) is 0 Å². The molecule has 0 radical (unpaired) electrons. The third kappa shape index (κ3) is 2.75. The minimum Gasteiger partial charge on any atom is -0.378 e. The van der Waals surface area contributed by atoms with E-state index in [0.29, 0.717) is 39.3 Å². The molecule has 3 rings (SSSR count). The molecule has 2 N–H and O–H groups in total. The van der Waals surface area contributed by atoms with Gasteiger partial charge in [-0.15, -0.1) is 0 Å². The molecule has 6 heteroatoms. The van der Waals surface area contributed by atoms with Gasteiger partial charge < -0.3 is 15.0 Å². The van der Waals surface area contributed by atoms with Crippen molar-refractivity contribution in [2.75, 3.05) is 38.2 Å². The third-order valence-corrected chi connectivity index (χ3v) is 3.47. The van der Waals surface area contributed by atoms with Crippen molar-refractivity contribution in [2.45, 2.75) is 6.42 Å². The van der Waals surface area contributed by atoms with Crippen LogP contribution in [0.25, 0.3) is 10.9 Å². The van der Waals surface area contributed by atoms with Crippen molar-refractivity contribution in [1.29, 1.82) is 0 Å². The second kappa shape index (κ2) is 5.92. The molecular formula is C14H18N4O2. The zero-order chi connectivity index (χ0) is 13.8. The van der Waals surface area contributed by atoms with Crippen molar-refractivity contribution in [3.63, 3.8) is 0 Å². The van der Waals surface area contributed by atoms with Crippen LogP contribution in [0.1, 0.15) is 6.42 Å². The number of amides is 1. The molecule has 1 amide bonds. The number of hydrogen-bond acceptors (Lipinski definition) is 4. The van der Waals surface area contributed by atoms with Crippen molar-refractivity contribution in [1.82, 2.24) is 15.1 Å². The molecule has 1 aliphatic heterocycles. The highest BCUT2D eigenvalue weighted by Gasteiger charge is 2.16. The summed E-state index contributed by atoms with van der Waals surface area (Å²) in [6, 6.07) is 7.92. The van der Waals surface area contributed by atoms with E-state index in [9.17, 15) is 4.79 Å². The van der Waals surface area contributed by atoms with Gasteiger partial charge in [0.2, 0.25) is 5.91 Å². The predicted molar refractivity (Wildman–Crippen MR) is 76.6 cm³/mol. The quantitative estimate of drug-likeness (QED) is 0.879. The van der Waals surface area contributed by atoms with Crippen LogP contribution in [0, 0.1) is 0 Å². The average molecular weight is 274 g/mol. The summed E-state index contributed by atoms with van der Waals surface area (Å²) in [4.78, 5) is 13.8. The lowest BCUT2D eigenvalue weighted by Gasteiger charge is -2.26. The highest BCUT2D eigenvalue weighted by atomic mass is 16.5. The van der Waals surface area contributed by atoms with Crippen molar-refractivity contribution >= 4 is 22.6 Å². The van der Waals surface area contributed by atoms with Gasteiger partial charge in [-0.3, -0.25) is 9.89 Å². The van der Waals surface area contributed by atoms with Crippen LogP contribution in [-0.4, -0.2) is 53.9 Å².